The summed E-state index contributed by atoms with van der Waals surface area (Å²) in [7, 11) is 0. The van der Waals surface area contributed by atoms with Crippen LogP contribution in [0.2, 0.25) is 0 Å². The van der Waals surface area contributed by atoms with E-state index in [4.69, 9.17) is 0 Å². The molecule has 5 nitrogen and oxygen atoms in total. The van der Waals surface area contributed by atoms with Gasteiger partial charge in [0.1, 0.15) is 0 Å². The summed E-state index contributed by atoms with van der Waals surface area (Å²) in [6.07, 6.45) is 1.93. The van der Waals surface area contributed by atoms with Crippen LogP contribution < -0.4 is 10.7 Å². The number of nitrogens with zero attached hydrogens (tertiary/aromatic N) is 1. The molecule has 0 heterocycles. The lowest BCUT2D eigenvalue weighted by Gasteiger charge is -2.07. The second-order valence-corrected chi connectivity index (χ2v) is 6.91. The van der Waals surface area contributed by atoms with Gasteiger partial charge in [-0.25, -0.2) is 5.43 Å². The highest BCUT2D eigenvalue weighted by atomic mass is 79.9. The van der Waals surface area contributed by atoms with Crippen molar-refractivity contribution >= 4 is 39.1 Å². The van der Waals surface area contributed by atoms with Crippen molar-refractivity contribution in [3.63, 3.8) is 0 Å². The predicted molar refractivity (Wildman–Crippen MR) is 102 cm³/mol. The van der Waals surface area contributed by atoms with Crippen LogP contribution in [0.1, 0.15) is 35.7 Å². The first-order valence-corrected chi connectivity index (χ1v) is 8.84. The molecule has 3 rings (SSSR count). The zero-order valence-electron chi connectivity index (χ0n) is 13.8. The smallest absolute Gasteiger partial charge is 0.271 e. The van der Waals surface area contributed by atoms with Crippen LogP contribution in [0.25, 0.3) is 0 Å². The summed E-state index contributed by atoms with van der Waals surface area (Å²) in [5.74, 6) is -0.0519. The molecule has 0 atom stereocenters. The number of hydrogen-bond acceptors (Lipinski definition) is 3. The summed E-state index contributed by atoms with van der Waals surface area (Å²) in [5.41, 5.74) is 5.32. The Balaban J connectivity index is 1.66. The minimum Gasteiger partial charge on any atom is -0.326 e. The lowest BCUT2D eigenvalue weighted by Crippen LogP contribution is -2.19. The van der Waals surface area contributed by atoms with Gasteiger partial charge in [0.05, 0.1) is 5.71 Å². The van der Waals surface area contributed by atoms with Crippen LogP contribution >= 0.6 is 15.9 Å². The Bertz CT molecular complexity index is 827. The highest BCUT2D eigenvalue weighted by molar-refractivity contribution is 9.10. The van der Waals surface area contributed by atoms with Gasteiger partial charge in [-0.15, -0.1) is 0 Å². The largest absolute Gasteiger partial charge is 0.326 e. The van der Waals surface area contributed by atoms with E-state index in [0.717, 1.165) is 28.6 Å². The molecule has 0 unspecified atom stereocenters. The van der Waals surface area contributed by atoms with Crippen LogP contribution in [-0.2, 0) is 4.79 Å². The minimum absolute atomic E-state index is 0.0651. The fourth-order valence-corrected chi connectivity index (χ4v) is 2.54. The van der Waals surface area contributed by atoms with E-state index in [9.17, 15) is 9.59 Å². The normalized spacial score (nSPS) is 14.1. The fourth-order valence-electron chi connectivity index (χ4n) is 2.28. The van der Waals surface area contributed by atoms with Gasteiger partial charge in [-0.2, -0.15) is 5.10 Å². The zero-order chi connectivity index (χ0) is 17.8. The molecule has 6 heteroatoms. The topological polar surface area (TPSA) is 70.6 Å². The number of hydrogen-bond donors (Lipinski definition) is 2. The molecule has 2 aromatic carbocycles. The van der Waals surface area contributed by atoms with E-state index in [1.807, 2.05) is 31.2 Å². The average molecular weight is 400 g/mol. The first-order chi connectivity index (χ1) is 12.0. The van der Waals surface area contributed by atoms with Crippen molar-refractivity contribution < 1.29 is 9.59 Å². The lowest BCUT2D eigenvalue weighted by molar-refractivity contribution is -0.117. The highest BCUT2D eigenvalue weighted by Gasteiger charge is 2.29. The summed E-state index contributed by atoms with van der Waals surface area (Å²) in [6.45, 7) is 1.81. The molecule has 2 N–H and O–H groups in total. The quantitative estimate of drug-likeness (QED) is 0.590. The number of nitrogens with one attached hydrogen (secondary N) is 2. The number of carbonyl (C=O) groups excluding carboxylic acids is 2. The number of anilines is 1. The summed E-state index contributed by atoms with van der Waals surface area (Å²) >= 11 is 3.33. The van der Waals surface area contributed by atoms with Crippen LogP contribution in [0, 0.1) is 5.92 Å². The number of benzene rings is 2. The van der Waals surface area contributed by atoms with E-state index in [-0.39, 0.29) is 17.7 Å². The van der Waals surface area contributed by atoms with Crippen LogP contribution in [0.3, 0.4) is 0 Å². The van der Waals surface area contributed by atoms with Gasteiger partial charge in [0, 0.05) is 21.6 Å². The van der Waals surface area contributed by atoms with Gasteiger partial charge >= 0.3 is 0 Å². The van der Waals surface area contributed by atoms with Crippen molar-refractivity contribution in [2.24, 2.45) is 11.0 Å². The van der Waals surface area contributed by atoms with E-state index in [1.165, 1.54) is 0 Å². The van der Waals surface area contributed by atoms with Gasteiger partial charge in [0.2, 0.25) is 5.91 Å². The molecule has 25 heavy (non-hydrogen) atoms. The molecule has 1 aliphatic carbocycles. The fraction of sp³-hybridized carbons (Fsp3) is 0.211. The number of amides is 2. The van der Waals surface area contributed by atoms with Crippen LogP contribution in [-0.4, -0.2) is 17.5 Å². The summed E-state index contributed by atoms with van der Waals surface area (Å²) in [6, 6.07) is 14.5. The minimum atomic E-state index is -0.273. The lowest BCUT2D eigenvalue weighted by atomic mass is 10.1. The van der Waals surface area contributed by atoms with Crippen LogP contribution in [0.15, 0.2) is 58.1 Å². The third-order valence-corrected chi connectivity index (χ3v) is 4.46. The third kappa shape index (κ3) is 4.76. The first kappa shape index (κ1) is 17.4. The zero-order valence-corrected chi connectivity index (χ0v) is 15.3. The second kappa shape index (κ2) is 7.61. The third-order valence-electron chi connectivity index (χ3n) is 3.93. The van der Waals surface area contributed by atoms with Gasteiger partial charge < -0.3 is 5.32 Å². The van der Waals surface area contributed by atoms with Gasteiger partial charge in [-0.05, 0) is 61.7 Å². The first-order valence-electron chi connectivity index (χ1n) is 8.04. The van der Waals surface area contributed by atoms with E-state index in [2.05, 4.69) is 31.8 Å². The number of hydrazone groups is 1. The molecular weight excluding hydrogens is 382 g/mol. The molecule has 0 spiro atoms. The molecule has 128 valence electrons. The Kier molecular flexibility index (Phi) is 5.28. The Labute approximate surface area is 154 Å². The molecule has 2 aromatic rings. The Morgan fingerprint density at radius 1 is 1.08 bits per heavy atom. The molecule has 2 amide bonds. The molecular formula is C19H18BrN3O2. The van der Waals surface area contributed by atoms with Gasteiger partial charge in [-0.3, -0.25) is 9.59 Å². The predicted octanol–water partition coefficient (Wildman–Crippen LogP) is 3.95. The molecule has 0 bridgehead atoms. The average Bonchev–Trinajstić information content (AvgIpc) is 3.45. The molecule has 0 aliphatic heterocycles. The van der Waals surface area contributed by atoms with Crippen LogP contribution in [0.5, 0.6) is 0 Å². The maximum absolute atomic E-state index is 12.1. The molecule has 1 aliphatic rings. The number of rotatable bonds is 5. The Hall–Kier alpha value is -2.47. The number of carbonyl (C=O) groups is 2. The van der Waals surface area contributed by atoms with Crippen molar-refractivity contribution in [1.82, 2.24) is 5.43 Å². The van der Waals surface area contributed by atoms with Crippen molar-refractivity contribution in [2.75, 3.05) is 5.32 Å². The molecule has 0 radical (unpaired) electrons. The maximum Gasteiger partial charge on any atom is 0.271 e. The second-order valence-electron chi connectivity index (χ2n) is 5.99. The Morgan fingerprint density at radius 3 is 2.48 bits per heavy atom. The highest BCUT2D eigenvalue weighted by Crippen LogP contribution is 2.30. The number of halogens is 1. The van der Waals surface area contributed by atoms with Gasteiger partial charge in [-0.1, -0.05) is 28.1 Å². The molecule has 1 saturated carbocycles. The summed E-state index contributed by atoms with van der Waals surface area (Å²) in [5, 5.41) is 7.06. The van der Waals surface area contributed by atoms with E-state index in [0.29, 0.717) is 11.3 Å². The van der Waals surface area contributed by atoms with E-state index < -0.39 is 0 Å². The van der Waals surface area contributed by atoms with Crippen LogP contribution in [0.4, 0.5) is 5.69 Å². The van der Waals surface area contributed by atoms with Crippen molar-refractivity contribution in [2.45, 2.75) is 19.8 Å². The van der Waals surface area contributed by atoms with Gasteiger partial charge in [0.15, 0.2) is 0 Å². The van der Waals surface area contributed by atoms with Gasteiger partial charge in [0.25, 0.3) is 5.91 Å². The molecule has 1 fully saturated rings. The van der Waals surface area contributed by atoms with E-state index >= 15 is 0 Å². The van der Waals surface area contributed by atoms with Crippen molar-refractivity contribution in [3.05, 3.63) is 64.1 Å². The summed E-state index contributed by atoms with van der Waals surface area (Å²) in [4.78, 5) is 23.9. The molecule has 0 saturated heterocycles. The maximum atomic E-state index is 12.1. The Morgan fingerprint density at radius 2 is 1.80 bits per heavy atom. The van der Waals surface area contributed by atoms with Crippen molar-refractivity contribution in [1.29, 1.82) is 0 Å². The SMILES string of the molecule is CC(=NNC(=O)c1ccc(Br)cc1)c1cccc(NC(=O)C2CC2)c1. The van der Waals surface area contributed by atoms with Crippen molar-refractivity contribution in [3.8, 4) is 0 Å². The standard InChI is InChI=1S/C19H18BrN3O2/c1-12(22-23-19(25)14-7-9-16(20)10-8-14)15-3-2-4-17(11-15)21-18(24)13-5-6-13/h2-4,7-11,13H,5-6H2,1H3,(H,21,24)(H,23,25). The monoisotopic (exact) mass is 399 g/mol. The van der Waals surface area contributed by atoms with E-state index in [1.54, 1.807) is 24.3 Å². The summed E-state index contributed by atoms with van der Waals surface area (Å²) < 4.78 is 0.911. The molecule has 0 aromatic heterocycles.